The van der Waals surface area contributed by atoms with Gasteiger partial charge in [-0.05, 0) is 12.8 Å². The second-order valence-corrected chi connectivity index (χ2v) is 5.43. The Balaban J connectivity index is 1.55. The first-order valence-corrected chi connectivity index (χ1v) is 6.95. The van der Waals surface area contributed by atoms with Gasteiger partial charge in [-0.25, -0.2) is 0 Å². The van der Waals surface area contributed by atoms with Crippen molar-refractivity contribution in [1.29, 1.82) is 0 Å². The van der Waals surface area contributed by atoms with Gasteiger partial charge in [0.2, 0.25) is 0 Å². The third-order valence-corrected chi connectivity index (χ3v) is 3.89. The molecule has 4 nitrogen and oxygen atoms in total. The highest BCUT2D eigenvalue weighted by Gasteiger charge is 2.27. The lowest BCUT2D eigenvalue weighted by Gasteiger charge is -2.33. The summed E-state index contributed by atoms with van der Waals surface area (Å²) in [5.74, 6) is 0. The number of hydrogen-bond acceptors (Lipinski definition) is 4. The zero-order valence-electron chi connectivity index (χ0n) is 10.8. The molecule has 0 amide bonds. The number of nitrogens with two attached hydrogens (primary N) is 1. The van der Waals surface area contributed by atoms with Crippen molar-refractivity contribution >= 4 is 0 Å². The topological polar surface area (TPSA) is 47.7 Å². The predicted molar refractivity (Wildman–Crippen MR) is 68.1 cm³/mol. The molecule has 1 aliphatic heterocycles. The van der Waals surface area contributed by atoms with Crippen LogP contribution in [0.15, 0.2) is 0 Å². The fraction of sp³-hybridized carbons (Fsp3) is 1.00. The Labute approximate surface area is 104 Å². The summed E-state index contributed by atoms with van der Waals surface area (Å²) in [6.07, 6.45) is 6.13. The smallest absolute Gasteiger partial charge is 0.0646 e. The van der Waals surface area contributed by atoms with Crippen molar-refractivity contribution in [2.45, 2.75) is 37.6 Å². The molecule has 1 heterocycles. The van der Waals surface area contributed by atoms with E-state index in [-0.39, 0.29) is 5.54 Å². The normalized spacial score (nSPS) is 25.9. The molecule has 0 atom stereocenters. The lowest BCUT2D eigenvalue weighted by atomic mass is 9.83. The molecule has 0 aromatic heterocycles. The van der Waals surface area contributed by atoms with Gasteiger partial charge in [-0.2, -0.15) is 0 Å². The lowest BCUT2D eigenvalue weighted by molar-refractivity contribution is 0.01000. The van der Waals surface area contributed by atoms with Crippen LogP contribution in [0, 0.1) is 0 Å². The van der Waals surface area contributed by atoms with Crippen LogP contribution in [-0.4, -0.2) is 56.5 Å². The maximum Gasteiger partial charge on any atom is 0.0646 e. The average molecular weight is 242 g/mol. The van der Waals surface area contributed by atoms with Crippen molar-refractivity contribution in [3.05, 3.63) is 0 Å². The first-order valence-electron chi connectivity index (χ1n) is 6.95. The molecule has 2 aliphatic rings. The number of morpholine rings is 1. The fourth-order valence-electron chi connectivity index (χ4n) is 2.69. The molecule has 2 N–H and O–H groups in total. The van der Waals surface area contributed by atoms with Crippen LogP contribution in [0.5, 0.6) is 0 Å². The van der Waals surface area contributed by atoms with Crippen LogP contribution < -0.4 is 5.73 Å². The van der Waals surface area contributed by atoms with Crippen molar-refractivity contribution in [2.24, 2.45) is 5.73 Å². The van der Waals surface area contributed by atoms with Gasteiger partial charge in [-0.3, -0.25) is 4.90 Å². The maximum absolute atomic E-state index is 6.32. The van der Waals surface area contributed by atoms with Crippen LogP contribution in [0.1, 0.15) is 32.1 Å². The van der Waals surface area contributed by atoms with E-state index in [0.717, 1.165) is 58.9 Å². The molecule has 0 radical (unpaired) electrons. The van der Waals surface area contributed by atoms with E-state index in [9.17, 15) is 0 Å². The predicted octanol–water partition coefficient (Wildman–Crippen LogP) is 0.997. The quantitative estimate of drug-likeness (QED) is 0.731. The van der Waals surface area contributed by atoms with Gasteiger partial charge in [0.1, 0.15) is 0 Å². The number of nitrogens with zero attached hydrogens (tertiary/aromatic N) is 1. The van der Waals surface area contributed by atoms with E-state index < -0.39 is 0 Å². The van der Waals surface area contributed by atoms with Crippen molar-refractivity contribution in [3.8, 4) is 0 Å². The SMILES string of the molecule is NC1(COCCN2CCOCC2)CCCCC1. The van der Waals surface area contributed by atoms with E-state index in [2.05, 4.69) is 4.90 Å². The van der Waals surface area contributed by atoms with E-state index in [1.807, 2.05) is 0 Å². The summed E-state index contributed by atoms with van der Waals surface area (Å²) in [4.78, 5) is 2.40. The molecule has 1 saturated heterocycles. The Morgan fingerprint density at radius 2 is 1.82 bits per heavy atom. The van der Waals surface area contributed by atoms with Crippen LogP contribution in [0.25, 0.3) is 0 Å². The van der Waals surface area contributed by atoms with Crippen LogP contribution in [-0.2, 0) is 9.47 Å². The molecule has 2 fully saturated rings. The van der Waals surface area contributed by atoms with Gasteiger partial charge < -0.3 is 15.2 Å². The molecule has 0 aromatic carbocycles. The van der Waals surface area contributed by atoms with Crippen LogP contribution in [0.3, 0.4) is 0 Å². The van der Waals surface area contributed by atoms with Crippen molar-refractivity contribution < 1.29 is 9.47 Å². The zero-order chi connectivity index (χ0) is 12.0. The minimum absolute atomic E-state index is 0.0384. The molecular formula is C13H26N2O2. The second kappa shape index (κ2) is 6.69. The monoisotopic (exact) mass is 242 g/mol. The number of hydrogen-bond donors (Lipinski definition) is 1. The Bertz CT molecular complexity index is 211. The zero-order valence-corrected chi connectivity index (χ0v) is 10.8. The summed E-state index contributed by atoms with van der Waals surface area (Å²) < 4.78 is 11.1. The number of ether oxygens (including phenoxy) is 2. The Morgan fingerprint density at radius 3 is 2.53 bits per heavy atom. The summed E-state index contributed by atoms with van der Waals surface area (Å²) in [7, 11) is 0. The fourth-order valence-corrected chi connectivity index (χ4v) is 2.69. The first kappa shape index (κ1) is 13.3. The van der Waals surface area contributed by atoms with E-state index >= 15 is 0 Å². The molecule has 1 aliphatic carbocycles. The minimum Gasteiger partial charge on any atom is -0.379 e. The average Bonchev–Trinajstić information content (AvgIpc) is 2.37. The summed E-state index contributed by atoms with van der Waals surface area (Å²) in [6, 6.07) is 0. The second-order valence-electron chi connectivity index (χ2n) is 5.43. The third-order valence-electron chi connectivity index (χ3n) is 3.89. The van der Waals surface area contributed by atoms with E-state index in [4.69, 9.17) is 15.2 Å². The van der Waals surface area contributed by atoms with Gasteiger partial charge in [-0.1, -0.05) is 19.3 Å². The van der Waals surface area contributed by atoms with E-state index in [0.29, 0.717) is 0 Å². The van der Waals surface area contributed by atoms with Gasteiger partial charge in [0.15, 0.2) is 0 Å². The van der Waals surface area contributed by atoms with Gasteiger partial charge in [0, 0.05) is 25.2 Å². The van der Waals surface area contributed by atoms with Crippen molar-refractivity contribution in [1.82, 2.24) is 4.90 Å². The molecule has 17 heavy (non-hydrogen) atoms. The molecule has 4 heteroatoms. The van der Waals surface area contributed by atoms with E-state index in [1.165, 1.54) is 19.3 Å². The molecular weight excluding hydrogens is 216 g/mol. The standard InChI is InChI=1S/C13H26N2O2/c14-13(4-2-1-3-5-13)12-17-11-8-15-6-9-16-10-7-15/h1-12,14H2. The Hall–Kier alpha value is -0.160. The molecule has 0 unspecified atom stereocenters. The van der Waals surface area contributed by atoms with Gasteiger partial charge >= 0.3 is 0 Å². The molecule has 1 saturated carbocycles. The number of rotatable bonds is 5. The summed E-state index contributed by atoms with van der Waals surface area (Å²) in [5.41, 5.74) is 6.28. The third kappa shape index (κ3) is 4.54. The highest BCUT2D eigenvalue weighted by molar-refractivity contribution is 4.86. The Morgan fingerprint density at radius 1 is 1.12 bits per heavy atom. The van der Waals surface area contributed by atoms with Gasteiger partial charge in [-0.15, -0.1) is 0 Å². The van der Waals surface area contributed by atoms with Crippen molar-refractivity contribution in [2.75, 3.05) is 46.1 Å². The Kier molecular flexibility index (Phi) is 5.22. The molecule has 2 rings (SSSR count). The molecule has 0 aromatic rings. The summed E-state index contributed by atoms with van der Waals surface area (Å²) in [5, 5.41) is 0. The lowest BCUT2D eigenvalue weighted by Crippen LogP contribution is -2.46. The highest BCUT2D eigenvalue weighted by atomic mass is 16.5. The maximum atomic E-state index is 6.32. The van der Waals surface area contributed by atoms with E-state index in [1.54, 1.807) is 0 Å². The summed E-state index contributed by atoms with van der Waals surface area (Å²) in [6.45, 7) is 6.35. The minimum atomic E-state index is -0.0384. The van der Waals surface area contributed by atoms with Gasteiger partial charge in [0.25, 0.3) is 0 Å². The first-order chi connectivity index (χ1) is 8.29. The van der Waals surface area contributed by atoms with Crippen LogP contribution >= 0.6 is 0 Å². The van der Waals surface area contributed by atoms with Crippen LogP contribution in [0.4, 0.5) is 0 Å². The highest BCUT2D eigenvalue weighted by Crippen LogP contribution is 2.25. The molecule has 0 bridgehead atoms. The summed E-state index contributed by atoms with van der Waals surface area (Å²) >= 11 is 0. The van der Waals surface area contributed by atoms with Gasteiger partial charge in [0.05, 0.1) is 26.4 Å². The van der Waals surface area contributed by atoms with Crippen LogP contribution in [0.2, 0.25) is 0 Å². The largest absolute Gasteiger partial charge is 0.379 e. The molecule has 100 valence electrons. The van der Waals surface area contributed by atoms with Crippen molar-refractivity contribution in [3.63, 3.8) is 0 Å². The molecule has 0 spiro atoms.